The lowest BCUT2D eigenvalue weighted by Crippen LogP contribution is -2.49. The van der Waals surface area contributed by atoms with Gasteiger partial charge in [0.1, 0.15) is 0 Å². The summed E-state index contributed by atoms with van der Waals surface area (Å²) in [5, 5.41) is 4.33. The predicted octanol–water partition coefficient (Wildman–Crippen LogP) is 3.78. The number of carbonyl (C=O) groups is 1. The SMILES string of the molecule is O=C(N[C@H]1CCOC2(CCCCC2)C1)c1cccc2cc[nH]c12. The van der Waals surface area contributed by atoms with Gasteiger partial charge in [-0.1, -0.05) is 31.4 Å². The highest BCUT2D eigenvalue weighted by atomic mass is 16.5. The van der Waals surface area contributed by atoms with Crippen molar-refractivity contribution in [1.82, 2.24) is 10.3 Å². The maximum absolute atomic E-state index is 12.7. The highest BCUT2D eigenvalue weighted by molar-refractivity contribution is 6.05. The van der Waals surface area contributed by atoms with E-state index in [1.54, 1.807) is 0 Å². The lowest BCUT2D eigenvalue weighted by Gasteiger charge is -2.43. The summed E-state index contributed by atoms with van der Waals surface area (Å²) >= 11 is 0. The molecular weight excluding hydrogens is 288 g/mol. The Hall–Kier alpha value is -1.81. The van der Waals surface area contributed by atoms with Crippen molar-refractivity contribution in [3.63, 3.8) is 0 Å². The molecule has 2 fully saturated rings. The average Bonchev–Trinajstić information content (AvgIpc) is 3.04. The molecule has 2 heterocycles. The molecule has 4 heteroatoms. The Morgan fingerprint density at radius 2 is 2.09 bits per heavy atom. The van der Waals surface area contributed by atoms with Crippen LogP contribution in [0.2, 0.25) is 0 Å². The molecule has 0 bridgehead atoms. The van der Waals surface area contributed by atoms with E-state index in [9.17, 15) is 4.79 Å². The summed E-state index contributed by atoms with van der Waals surface area (Å²) in [5.74, 6) is 0.0240. The number of fused-ring (bicyclic) bond motifs is 1. The highest BCUT2D eigenvalue weighted by Gasteiger charge is 2.38. The molecular formula is C19H24N2O2. The minimum atomic E-state index is 0.0207. The molecule has 1 amide bonds. The molecule has 23 heavy (non-hydrogen) atoms. The fourth-order valence-corrected chi connectivity index (χ4v) is 4.23. The van der Waals surface area contributed by atoms with Crippen molar-refractivity contribution in [2.45, 2.75) is 56.6 Å². The predicted molar refractivity (Wildman–Crippen MR) is 90.6 cm³/mol. The number of aromatic nitrogens is 1. The fourth-order valence-electron chi connectivity index (χ4n) is 4.23. The van der Waals surface area contributed by atoms with E-state index in [-0.39, 0.29) is 17.6 Å². The van der Waals surface area contributed by atoms with Crippen molar-refractivity contribution in [1.29, 1.82) is 0 Å². The minimum absolute atomic E-state index is 0.0207. The molecule has 1 saturated carbocycles. The Morgan fingerprint density at radius 3 is 2.96 bits per heavy atom. The molecule has 1 spiro atoms. The molecule has 122 valence electrons. The Labute approximate surface area is 136 Å². The first-order valence-corrected chi connectivity index (χ1v) is 8.77. The van der Waals surface area contributed by atoms with E-state index in [1.165, 1.54) is 19.3 Å². The zero-order valence-electron chi connectivity index (χ0n) is 13.4. The fraction of sp³-hybridized carbons (Fsp3) is 0.526. The van der Waals surface area contributed by atoms with Gasteiger partial charge in [0.25, 0.3) is 5.91 Å². The van der Waals surface area contributed by atoms with E-state index in [2.05, 4.69) is 10.3 Å². The number of H-pyrrole nitrogens is 1. The molecule has 1 aliphatic carbocycles. The van der Waals surface area contributed by atoms with E-state index in [0.29, 0.717) is 0 Å². The standard InChI is InChI=1S/C19H24N2O2/c22-18(16-6-4-5-14-7-11-20-17(14)16)21-15-8-12-23-19(13-15)9-2-1-3-10-19/h4-7,11,15,20H,1-3,8-10,12-13H2,(H,21,22)/t15-/m0/s1. The number of amides is 1. The van der Waals surface area contributed by atoms with Gasteiger partial charge in [-0.15, -0.1) is 0 Å². The van der Waals surface area contributed by atoms with Gasteiger partial charge >= 0.3 is 0 Å². The molecule has 4 rings (SSSR count). The third kappa shape index (κ3) is 2.88. The molecule has 1 saturated heterocycles. The zero-order chi connectivity index (χ0) is 15.7. The van der Waals surface area contributed by atoms with E-state index < -0.39 is 0 Å². The second-order valence-electron chi connectivity index (χ2n) is 7.00. The first-order chi connectivity index (χ1) is 11.3. The van der Waals surface area contributed by atoms with Crippen LogP contribution in [0.3, 0.4) is 0 Å². The molecule has 0 radical (unpaired) electrons. The van der Waals surface area contributed by atoms with Crippen molar-refractivity contribution < 1.29 is 9.53 Å². The molecule has 1 aliphatic heterocycles. The number of rotatable bonds is 2. The molecule has 2 N–H and O–H groups in total. The van der Waals surface area contributed by atoms with Crippen LogP contribution in [0.15, 0.2) is 30.5 Å². The van der Waals surface area contributed by atoms with Gasteiger partial charge in [-0.3, -0.25) is 4.79 Å². The number of para-hydroxylation sites is 1. The Morgan fingerprint density at radius 1 is 1.22 bits per heavy atom. The third-order valence-corrected chi connectivity index (χ3v) is 5.42. The smallest absolute Gasteiger partial charge is 0.253 e. The van der Waals surface area contributed by atoms with Crippen molar-refractivity contribution in [2.24, 2.45) is 0 Å². The Bertz CT molecular complexity index is 695. The molecule has 2 aliphatic rings. The van der Waals surface area contributed by atoms with Crippen LogP contribution in [-0.2, 0) is 4.74 Å². The van der Waals surface area contributed by atoms with Crippen LogP contribution >= 0.6 is 0 Å². The average molecular weight is 312 g/mol. The van der Waals surface area contributed by atoms with E-state index in [4.69, 9.17) is 4.74 Å². The van der Waals surface area contributed by atoms with Crippen molar-refractivity contribution in [3.8, 4) is 0 Å². The summed E-state index contributed by atoms with van der Waals surface area (Å²) < 4.78 is 6.12. The lowest BCUT2D eigenvalue weighted by molar-refractivity contribution is -0.107. The summed E-state index contributed by atoms with van der Waals surface area (Å²) in [5.41, 5.74) is 1.67. The summed E-state index contributed by atoms with van der Waals surface area (Å²) in [7, 11) is 0. The van der Waals surface area contributed by atoms with Gasteiger partial charge in [-0.2, -0.15) is 0 Å². The summed E-state index contributed by atoms with van der Waals surface area (Å²) in [6.07, 6.45) is 9.86. The number of hydrogen-bond donors (Lipinski definition) is 2. The minimum Gasteiger partial charge on any atom is -0.375 e. The number of nitrogens with one attached hydrogen (secondary N) is 2. The molecule has 1 aromatic heterocycles. The van der Waals surface area contributed by atoms with Crippen LogP contribution in [0.5, 0.6) is 0 Å². The molecule has 1 atom stereocenters. The number of hydrogen-bond acceptors (Lipinski definition) is 2. The molecule has 0 unspecified atom stereocenters. The summed E-state index contributed by atoms with van der Waals surface area (Å²) in [6, 6.07) is 8.08. The second-order valence-corrected chi connectivity index (χ2v) is 7.00. The second kappa shape index (κ2) is 6.00. The van der Waals surface area contributed by atoms with Crippen LogP contribution in [0, 0.1) is 0 Å². The number of ether oxygens (including phenoxy) is 1. The highest BCUT2D eigenvalue weighted by Crippen LogP contribution is 2.38. The largest absolute Gasteiger partial charge is 0.375 e. The zero-order valence-corrected chi connectivity index (χ0v) is 13.4. The molecule has 1 aromatic carbocycles. The molecule has 4 nitrogen and oxygen atoms in total. The van der Waals surface area contributed by atoms with Crippen LogP contribution in [0.1, 0.15) is 55.3 Å². The van der Waals surface area contributed by atoms with Crippen molar-refractivity contribution in [3.05, 3.63) is 36.0 Å². The summed E-state index contributed by atoms with van der Waals surface area (Å²) in [4.78, 5) is 15.9. The van der Waals surface area contributed by atoms with Crippen LogP contribution < -0.4 is 5.32 Å². The van der Waals surface area contributed by atoms with Gasteiger partial charge in [-0.25, -0.2) is 0 Å². The van der Waals surface area contributed by atoms with E-state index in [0.717, 1.165) is 48.8 Å². The first kappa shape index (κ1) is 14.8. The number of benzene rings is 1. The molecule has 2 aromatic rings. The van der Waals surface area contributed by atoms with E-state index >= 15 is 0 Å². The van der Waals surface area contributed by atoms with Gasteiger partial charge in [0.2, 0.25) is 0 Å². The van der Waals surface area contributed by atoms with Crippen LogP contribution in [0.4, 0.5) is 0 Å². The number of aromatic amines is 1. The van der Waals surface area contributed by atoms with Gasteiger partial charge in [0.15, 0.2) is 0 Å². The normalized spacial score (nSPS) is 23.9. The monoisotopic (exact) mass is 312 g/mol. The number of carbonyl (C=O) groups excluding carboxylic acids is 1. The van der Waals surface area contributed by atoms with Crippen LogP contribution in [-0.4, -0.2) is 29.1 Å². The van der Waals surface area contributed by atoms with Crippen molar-refractivity contribution >= 4 is 16.8 Å². The maximum Gasteiger partial charge on any atom is 0.253 e. The van der Waals surface area contributed by atoms with Gasteiger partial charge in [-0.05, 0) is 37.8 Å². The van der Waals surface area contributed by atoms with Crippen LogP contribution in [0.25, 0.3) is 10.9 Å². The van der Waals surface area contributed by atoms with E-state index in [1.807, 2.05) is 30.5 Å². The summed E-state index contributed by atoms with van der Waals surface area (Å²) in [6.45, 7) is 0.762. The Kier molecular flexibility index (Phi) is 3.85. The Balaban J connectivity index is 1.49. The quantitative estimate of drug-likeness (QED) is 0.886. The maximum atomic E-state index is 12.7. The van der Waals surface area contributed by atoms with Gasteiger partial charge < -0.3 is 15.0 Å². The topological polar surface area (TPSA) is 54.1 Å². The lowest BCUT2D eigenvalue weighted by atomic mass is 9.78. The van der Waals surface area contributed by atoms with Gasteiger partial charge in [0.05, 0.1) is 16.7 Å². The van der Waals surface area contributed by atoms with Gasteiger partial charge in [0, 0.05) is 24.2 Å². The third-order valence-electron chi connectivity index (χ3n) is 5.42. The van der Waals surface area contributed by atoms with Crippen molar-refractivity contribution in [2.75, 3.05) is 6.61 Å². The first-order valence-electron chi connectivity index (χ1n) is 8.77.